The third-order valence-corrected chi connectivity index (χ3v) is 8.04. The monoisotopic (exact) mass is 538 g/mol. The number of para-hydroxylation sites is 1. The number of furan rings is 1. The molecule has 0 bridgehead atoms. The molecule has 0 aliphatic carbocycles. The van der Waals surface area contributed by atoms with Crippen molar-refractivity contribution in [2.45, 2.75) is 0 Å². The molecular formula is C37H22N4O. The molecule has 3 heterocycles. The number of nitrogens with zero attached hydrogens (tertiary/aromatic N) is 4. The summed E-state index contributed by atoms with van der Waals surface area (Å²) >= 11 is 0. The highest BCUT2D eigenvalue weighted by Gasteiger charge is 2.21. The van der Waals surface area contributed by atoms with Crippen LogP contribution in [0.4, 0.5) is 0 Å². The molecule has 0 unspecified atom stereocenters. The Hall–Kier alpha value is -5.81. The normalized spacial score (nSPS) is 11.8. The fourth-order valence-corrected chi connectivity index (χ4v) is 6.10. The Kier molecular flexibility index (Phi) is 4.83. The van der Waals surface area contributed by atoms with Gasteiger partial charge in [0.15, 0.2) is 11.6 Å². The Morgan fingerprint density at radius 3 is 1.83 bits per heavy atom. The molecule has 0 radical (unpaired) electrons. The average molecular weight is 539 g/mol. The van der Waals surface area contributed by atoms with E-state index in [9.17, 15) is 0 Å². The first-order valence-electron chi connectivity index (χ1n) is 14.0. The molecular weight excluding hydrogens is 516 g/mol. The van der Waals surface area contributed by atoms with Crippen molar-refractivity contribution >= 4 is 54.5 Å². The molecule has 5 nitrogen and oxygen atoms in total. The van der Waals surface area contributed by atoms with E-state index in [4.69, 9.17) is 19.4 Å². The molecule has 9 aromatic rings. The molecule has 196 valence electrons. The topological polar surface area (TPSA) is 56.7 Å². The molecule has 0 N–H and O–H groups in total. The van der Waals surface area contributed by atoms with Gasteiger partial charge in [0.1, 0.15) is 11.2 Å². The third-order valence-electron chi connectivity index (χ3n) is 8.04. The van der Waals surface area contributed by atoms with Crippen molar-refractivity contribution in [1.82, 2.24) is 19.5 Å². The van der Waals surface area contributed by atoms with Crippen LogP contribution in [0.1, 0.15) is 0 Å². The second-order valence-electron chi connectivity index (χ2n) is 10.5. The Labute approximate surface area is 240 Å². The lowest BCUT2D eigenvalue weighted by molar-refractivity contribution is 0.669. The molecule has 0 atom stereocenters. The number of hydrogen-bond donors (Lipinski definition) is 0. The molecule has 42 heavy (non-hydrogen) atoms. The van der Waals surface area contributed by atoms with Crippen LogP contribution in [-0.2, 0) is 0 Å². The highest BCUT2D eigenvalue weighted by molar-refractivity contribution is 6.22. The summed E-state index contributed by atoms with van der Waals surface area (Å²) in [4.78, 5) is 15.2. The summed E-state index contributed by atoms with van der Waals surface area (Å²) in [5, 5.41) is 6.75. The Bertz CT molecular complexity index is 2400. The van der Waals surface area contributed by atoms with Crippen LogP contribution in [0.25, 0.3) is 83.2 Å². The number of rotatable bonds is 3. The summed E-state index contributed by atoms with van der Waals surface area (Å²) in [6, 6.07) is 45.6. The van der Waals surface area contributed by atoms with Gasteiger partial charge in [-0.3, -0.25) is 4.57 Å². The maximum Gasteiger partial charge on any atom is 0.238 e. The molecule has 3 aromatic heterocycles. The lowest BCUT2D eigenvalue weighted by Gasteiger charge is -2.12. The first-order chi connectivity index (χ1) is 20.8. The highest BCUT2D eigenvalue weighted by atomic mass is 16.3. The van der Waals surface area contributed by atoms with Gasteiger partial charge < -0.3 is 4.42 Å². The van der Waals surface area contributed by atoms with Crippen molar-refractivity contribution < 1.29 is 4.42 Å². The first kappa shape index (κ1) is 22.9. The van der Waals surface area contributed by atoms with Gasteiger partial charge in [0.25, 0.3) is 0 Å². The predicted octanol–water partition coefficient (Wildman–Crippen LogP) is 9.36. The zero-order valence-corrected chi connectivity index (χ0v) is 22.4. The van der Waals surface area contributed by atoms with E-state index in [1.807, 2.05) is 72.8 Å². The summed E-state index contributed by atoms with van der Waals surface area (Å²) in [6.45, 7) is 0. The van der Waals surface area contributed by atoms with E-state index in [1.54, 1.807) is 0 Å². The van der Waals surface area contributed by atoms with Gasteiger partial charge in [-0.05, 0) is 17.5 Å². The van der Waals surface area contributed by atoms with Crippen molar-refractivity contribution in [2.75, 3.05) is 0 Å². The second kappa shape index (κ2) is 8.85. The Morgan fingerprint density at radius 2 is 1.10 bits per heavy atom. The number of aromatic nitrogens is 4. The maximum atomic E-state index is 6.35. The standard InChI is InChI=1S/C37H22N4O/c1-3-12-24(13-4-1)35-38-36(25-14-5-2-6-15-25)40-37(39-35)41-31-22-33-30(27-17-9-10-18-32(27)42-33)21-29(31)28-20-19-23-11-7-8-16-26(23)34(28)41/h1-22H. The van der Waals surface area contributed by atoms with Gasteiger partial charge in [-0.1, -0.05) is 115 Å². The van der Waals surface area contributed by atoms with Gasteiger partial charge in [-0.2, -0.15) is 9.97 Å². The van der Waals surface area contributed by atoms with Crippen LogP contribution in [0.2, 0.25) is 0 Å². The molecule has 0 saturated heterocycles. The second-order valence-corrected chi connectivity index (χ2v) is 10.5. The van der Waals surface area contributed by atoms with Crippen LogP contribution in [0.5, 0.6) is 0 Å². The molecule has 5 heteroatoms. The van der Waals surface area contributed by atoms with E-state index < -0.39 is 0 Å². The lowest BCUT2D eigenvalue weighted by Crippen LogP contribution is -2.06. The molecule has 9 rings (SSSR count). The molecule has 0 aliphatic rings. The van der Waals surface area contributed by atoms with Gasteiger partial charge in [0.2, 0.25) is 5.95 Å². The third kappa shape index (κ3) is 3.40. The summed E-state index contributed by atoms with van der Waals surface area (Å²) in [5.74, 6) is 1.81. The van der Waals surface area contributed by atoms with Crippen LogP contribution in [0.15, 0.2) is 138 Å². The van der Waals surface area contributed by atoms with Gasteiger partial charge in [-0.25, -0.2) is 4.98 Å². The number of benzene rings is 6. The SMILES string of the molecule is c1ccc(-c2nc(-c3ccccc3)nc(-n3c4cc5oc6ccccc6c5cc4c4ccc5ccccc5c43)n2)cc1. The zero-order chi connectivity index (χ0) is 27.6. The maximum absolute atomic E-state index is 6.35. The largest absolute Gasteiger partial charge is 0.456 e. The van der Waals surface area contributed by atoms with Crippen molar-refractivity contribution in [3.05, 3.63) is 133 Å². The van der Waals surface area contributed by atoms with Gasteiger partial charge in [0.05, 0.1) is 11.0 Å². The lowest BCUT2D eigenvalue weighted by atomic mass is 10.0. The predicted molar refractivity (Wildman–Crippen MR) is 170 cm³/mol. The van der Waals surface area contributed by atoms with Crippen molar-refractivity contribution in [3.8, 4) is 28.7 Å². The fraction of sp³-hybridized carbons (Fsp3) is 0. The van der Waals surface area contributed by atoms with Gasteiger partial charge >= 0.3 is 0 Å². The Morgan fingerprint density at radius 1 is 0.452 bits per heavy atom. The summed E-state index contributed by atoms with van der Waals surface area (Å²) in [7, 11) is 0. The smallest absolute Gasteiger partial charge is 0.238 e. The van der Waals surface area contributed by atoms with E-state index in [1.165, 1.54) is 0 Å². The molecule has 6 aromatic carbocycles. The van der Waals surface area contributed by atoms with Crippen LogP contribution < -0.4 is 0 Å². The van der Waals surface area contributed by atoms with Crippen molar-refractivity contribution in [3.63, 3.8) is 0 Å². The van der Waals surface area contributed by atoms with Crippen molar-refractivity contribution in [2.24, 2.45) is 0 Å². The van der Waals surface area contributed by atoms with Crippen LogP contribution in [0.3, 0.4) is 0 Å². The molecule has 0 fully saturated rings. The van der Waals surface area contributed by atoms with E-state index >= 15 is 0 Å². The average Bonchev–Trinajstić information content (AvgIpc) is 3.59. The Balaban J connectivity index is 1.45. The van der Waals surface area contributed by atoms with E-state index in [2.05, 4.69) is 65.2 Å². The summed E-state index contributed by atoms with van der Waals surface area (Å²) in [6.07, 6.45) is 0. The first-order valence-corrected chi connectivity index (χ1v) is 14.0. The van der Waals surface area contributed by atoms with Crippen LogP contribution in [-0.4, -0.2) is 19.5 Å². The zero-order valence-electron chi connectivity index (χ0n) is 22.4. The minimum Gasteiger partial charge on any atom is -0.456 e. The van der Waals surface area contributed by atoms with Crippen LogP contribution >= 0.6 is 0 Å². The summed E-state index contributed by atoms with van der Waals surface area (Å²) < 4.78 is 8.54. The number of fused-ring (bicyclic) bond motifs is 8. The van der Waals surface area contributed by atoms with Gasteiger partial charge in [-0.15, -0.1) is 0 Å². The molecule has 0 saturated carbocycles. The van der Waals surface area contributed by atoms with E-state index in [0.717, 1.165) is 65.6 Å². The fourth-order valence-electron chi connectivity index (χ4n) is 6.10. The minimum absolute atomic E-state index is 0.564. The minimum atomic E-state index is 0.564. The molecule has 0 aliphatic heterocycles. The van der Waals surface area contributed by atoms with E-state index in [-0.39, 0.29) is 0 Å². The van der Waals surface area contributed by atoms with Crippen molar-refractivity contribution in [1.29, 1.82) is 0 Å². The molecule has 0 spiro atoms. The summed E-state index contributed by atoms with van der Waals surface area (Å²) in [5.41, 5.74) is 5.62. The molecule has 0 amide bonds. The van der Waals surface area contributed by atoms with Gasteiger partial charge in [0, 0.05) is 44.1 Å². The van der Waals surface area contributed by atoms with E-state index in [0.29, 0.717) is 17.6 Å². The quantitative estimate of drug-likeness (QED) is 0.225. The number of hydrogen-bond acceptors (Lipinski definition) is 4. The highest BCUT2D eigenvalue weighted by Crippen LogP contribution is 2.40. The van der Waals surface area contributed by atoms with Crippen LogP contribution in [0, 0.1) is 0 Å².